The highest BCUT2D eigenvalue weighted by atomic mass is 32.1. The minimum atomic E-state index is -0.0280. The summed E-state index contributed by atoms with van der Waals surface area (Å²) in [7, 11) is 0. The summed E-state index contributed by atoms with van der Waals surface area (Å²) in [6.45, 7) is 4.25. The summed E-state index contributed by atoms with van der Waals surface area (Å²) in [5, 5.41) is 9.08. The molecular formula is C20H22N4O2S. The van der Waals surface area contributed by atoms with Gasteiger partial charge in [0, 0.05) is 12.2 Å². The normalized spacial score (nSPS) is 17.7. The lowest BCUT2D eigenvalue weighted by Crippen LogP contribution is -2.40. The van der Waals surface area contributed by atoms with E-state index in [0.29, 0.717) is 24.8 Å². The van der Waals surface area contributed by atoms with E-state index in [0.717, 1.165) is 30.0 Å². The van der Waals surface area contributed by atoms with Gasteiger partial charge in [-0.3, -0.25) is 9.69 Å². The highest BCUT2D eigenvalue weighted by molar-refractivity contribution is 7.13. The molecule has 3 aromatic rings. The van der Waals surface area contributed by atoms with Gasteiger partial charge < -0.3 is 9.84 Å². The molecule has 1 saturated heterocycles. The van der Waals surface area contributed by atoms with Gasteiger partial charge in [0.15, 0.2) is 0 Å². The smallest absolute Gasteiger partial charge is 0.241 e. The molecule has 1 aromatic carbocycles. The predicted molar refractivity (Wildman–Crippen MR) is 105 cm³/mol. The Kier molecular flexibility index (Phi) is 5.31. The zero-order chi connectivity index (χ0) is 18.6. The second-order valence-electron chi connectivity index (χ2n) is 6.92. The number of thiophene rings is 1. The molecule has 0 aliphatic carbocycles. The van der Waals surface area contributed by atoms with Crippen molar-refractivity contribution in [3.05, 3.63) is 53.2 Å². The molecule has 6 nitrogen and oxygen atoms in total. The third-order valence-corrected chi connectivity index (χ3v) is 5.63. The first-order valence-electron chi connectivity index (χ1n) is 9.14. The average Bonchev–Trinajstić information content (AvgIpc) is 3.35. The summed E-state index contributed by atoms with van der Waals surface area (Å²) in [6, 6.07) is 11.8. The fraction of sp³-hybridized carbons (Fsp3) is 0.350. The minimum absolute atomic E-state index is 0.0280. The Morgan fingerprint density at radius 1 is 1.33 bits per heavy atom. The molecule has 1 fully saturated rings. The Hall–Kier alpha value is -2.51. The number of hydrogen-bond acceptors (Lipinski definition) is 6. The number of piperidine rings is 1. The van der Waals surface area contributed by atoms with Gasteiger partial charge in [-0.2, -0.15) is 4.98 Å². The molecule has 7 heteroatoms. The molecule has 140 valence electrons. The Bertz CT molecular complexity index is 889. The standard InChI is InChI=1S/C20H22N4O2S/c1-14-6-8-16(9-7-14)21-20(25)15-4-2-10-24(12-15)13-18-22-19(23-26-18)17-5-3-11-27-17/h3,5-9,11,15H,2,4,10,12-13H2,1H3,(H,21,25). The number of rotatable bonds is 5. The van der Waals surface area contributed by atoms with Crippen molar-refractivity contribution in [3.63, 3.8) is 0 Å². The lowest BCUT2D eigenvalue weighted by atomic mass is 9.97. The van der Waals surface area contributed by atoms with Crippen molar-refractivity contribution in [2.75, 3.05) is 18.4 Å². The van der Waals surface area contributed by atoms with Gasteiger partial charge in [-0.1, -0.05) is 28.9 Å². The van der Waals surface area contributed by atoms with E-state index in [2.05, 4.69) is 20.4 Å². The van der Waals surface area contributed by atoms with Crippen molar-refractivity contribution in [1.29, 1.82) is 0 Å². The van der Waals surface area contributed by atoms with E-state index in [9.17, 15) is 4.79 Å². The number of amides is 1. The van der Waals surface area contributed by atoms with Crippen LogP contribution in [0.15, 0.2) is 46.3 Å². The fourth-order valence-corrected chi connectivity index (χ4v) is 3.96. The molecule has 0 bridgehead atoms. The molecule has 1 aliphatic heterocycles. The van der Waals surface area contributed by atoms with Gasteiger partial charge in [-0.05, 0) is 49.9 Å². The van der Waals surface area contributed by atoms with E-state index in [1.807, 2.05) is 48.7 Å². The van der Waals surface area contributed by atoms with Crippen LogP contribution in [0, 0.1) is 12.8 Å². The minimum Gasteiger partial charge on any atom is -0.338 e. The van der Waals surface area contributed by atoms with Gasteiger partial charge in [0.1, 0.15) is 0 Å². The summed E-state index contributed by atoms with van der Waals surface area (Å²) in [4.78, 5) is 20.3. The summed E-state index contributed by atoms with van der Waals surface area (Å²) >= 11 is 1.59. The lowest BCUT2D eigenvalue weighted by molar-refractivity contribution is -0.121. The Balaban J connectivity index is 1.35. The van der Waals surface area contributed by atoms with Gasteiger partial charge >= 0.3 is 0 Å². The van der Waals surface area contributed by atoms with Gasteiger partial charge in [-0.25, -0.2) is 0 Å². The molecule has 3 heterocycles. The van der Waals surface area contributed by atoms with Gasteiger partial charge in [0.2, 0.25) is 17.6 Å². The van der Waals surface area contributed by atoms with E-state index >= 15 is 0 Å². The van der Waals surface area contributed by atoms with Crippen LogP contribution in [0.1, 0.15) is 24.3 Å². The van der Waals surface area contributed by atoms with Crippen LogP contribution < -0.4 is 5.32 Å². The van der Waals surface area contributed by atoms with Crippen LogP contribution in [0.25, 0.3) is 10.7 Å². The number of benzene rings is 1. The fourth-order valence-electron chi connectivity index (χ4n) is 3.31. The quantitative estimate of drug-likeness (QED) is 0.723. The lowest BCUT2D eigenvalue weighted by Gasteiger charge is -2.30. The number of carbonyl (C=O) groups excluding carboxylic acids is 1. The maximum Gasteiger partial charge on any atom is 0.241 e. The number of aromatic nitrogens is 2. The second-order valence-corrected chi connectivity index (χ2v) is 7.87. The zero-order valence-corrected chi connectivity index (χ0v) is 16.0. The molecule has 1 amide bonds. The molecular weight excluding hydrogens is 360 g/mol. The molecule has 1 aliphatic rings. The van der Waals surface area contributed by atoms with E-state index in [-0.39, 0.29) is 11.8 Å². The molecule has 0 radical (unpaired) electrons. The van der Waals surface area contributed by atoms with Gasteiger partial charge in [0.05, 0.1) is 17.3 Å². The summed E-state index contributed by atoms with van der Waals surface area (Å²) < 4.78 is 5.40. The topological polar surface area (TPSA) is 71.3 Å². The average molecular weight is 382 g/mol. The highest BCUT2D eigenvalue weighted by Gasteiger charge is 2.27. The Morgan fingerprint density at radius 3 is 2.96 bits per heavy atom. The Labute approximate surface area is 162 Å². The third-order valence-electron chi connectivity index (χ3n) is 4.76. The van der Waals surface area contributed by atoms with Crippen LogP contribution in [-0.2, 0) is 11.3 Å². The molecule has 1 N–H and O–H groups in total. The van der Waals surface area contributed by atoms with Crippen LogP contribution >= 0.6 is 11.3 Å². The van der Waals surface area contributed by atoms with Gasteiger partial charge in [-0.15, -0.1) is 11.3 Å². The number of likely N-dealkylation sites (tertiary alicyclic amines) is 1. The van der Waals surface area contributed by atoms with E-state index in [4.69, 9.17) is 4.52 Å². The molecule has 2 aromatic heterocycles. The van der Waals surface area contributed by atoms with E-state index in [1.54, 1.807) is 11.3 Å². The molecule has 0 spiro atoms. The number of nitrogens with one attached hydrogen (secondary N) is 1. The predicted octanol–water partition coefficient (Wildman–Crippen LogP) is 3.96. The van der Waals surface area contributed by atoms with Crippen molar-refractivity contribution >= 4 is 22.9 Å². The van der Waals surface area contributed by atoms with Crippen molar-refractivity contribution in [1.82, 2.24) is 15.0 Å². The number of nitrogens with zero attached hydrogens (tertiary/aromatic N) is 3. The summed E-state index contributed by atoms with van der Waals surface area (Å²) in [6.07, 6.45) is 1.89. The highest BCUT2D eigenvalue weighted by Crippen LogP contribution is 2.23. The Morgan fingerprint density at radius 2 is 2.19 bits per heavy atom. The summed E-state index contributed by atoms with van der Waals surface area (Å²) in [5.41, 5.74) is 2.03. The first-order chi connectivity index (χ1) is 13.2. The first-order valence-corrected chi connectivity index (χ1v) is 10.0. The maximum atomic E-state index is 12.6. The third kappa shape index (κ3) is 4.43. The zero-order valence-electron chi connectivity index (χ0n) is 15.2. The van der Waals surface area contributed by atoms with Crippen molar-refractivity contribution in [2.45, 2.75) is 26.3 Å². The maximum absolute atomic E-state index is 12.6. The van der Waals surface area contributed by atoms with E-state index in [1.165, 1.54) is 5.56 Å². The van der Waals surface area contributed by atoms with Crippen molar-refractivity contribution in [3.8, 4) is 10.7 Å². The van der Waals surface area contributed by atoms with Crippen LogP contribution in [0.3, 0.4) is 0 Å². The number of hydrogen-bond donors (Lipinski definition) is 1. The first kappa shape index (κ1) is 17.9. The van der Waals surface area contributed by atoms with Crippen LogP contribution in [0.2, 0.25) is 0 Å². The van der Waals surface area contributed by atoms with Crippen molar-refractivity contribution < 1.29 is 9.32 Å². The van der Waals surface area contributed by atoms with Gasteiger partial charge in [0.25, 0.3) is 0 Å². The van der Waals surface area contributed by atoms with Crippen molar-refractivity contribution in [2.24, 2.45) is 5.92 Å². The number of carbonyl (C=O) groups is 1. The summed E-state index contributed by atoms with van der Waals surface area (Å²) in [5.74, 6) is 1.27. The molecule has 1 atom stereocenters. The largest absolute Gasteiger partial charge is 0.338 e. The van der Waals surface area contributed by atoms with Crippen LogP contribution in [0.5, 0.6) is 0 Å². The number of aryl methyl sites for hydroxylation is 1. The monoisotopic (exact) mass is 382 g/mol. The molecule has 4 rings (SSSR count). The molecule has 27 heavy (non-hydrogen) atoms. The second kappa shape index (κ2) is 8.02. The molecule has 0 saturated carbocycles. The van der Waals surface area contributed by atoms with Crippen LogP contribution in [0.4, 0.5) is 5.69 Å². The molecule has 1 unspecified atom stereocenters. The van der Waals surface area contributed by atoms with E-state index < -0.39 is 0 Å². The van der Waals surface area contributed by atoms with Crippen LogP contribution in [-0.4, -0.2) is 34.0 Å². The number of anilines is 1. The SMILES string of the molecule is Cc1ccc(NC(=O)C2CCCN(Cc3nc(-c4cccs4)no3)C2)cc1.